The Labute approximate surface area is 91.3 Å². The molecule has 2 heteroatoms. The molecule has 1 heterocycles. The van der Waals surface area contributed by atoms with Crippen molar-refractivity contribution in [2.75, 3.05) is 0 Å². The molecule has 0 radical (unpaired) electrons. The van der Waals surface area contributed by atoms with Gasteiger partial charge in [-0.25, -0.2) is 0 Å². The van der Waals surface area contributed by atoms with Gasteiger partial charge in [-0.3, -0.25) is 0 Å². The van der Waals surface area contributed by atoms with Gasteiger partial charge in [0.2, 0.25) is 0 Å². The highest BCUT2D eigenvalue weighted by Crippen LogP contribution is 2.34. The number of hydrogen-bond donors (Lipinski definition) is 1. The molecule has 1 unspecified atom stereocenters. The van der Waals surface area contributed by atoms with E-state index in [0.717, 1.165) is 24.2 Å². The minimum atomic E-state index is -0.391. The van der Waals surface area contributed by atoms with Gasteiger partial charge < -0.3 is 9.52 Å². The van der Waals surface area contributed by atoms with Crippen molar-refractivity contribution in [3.8, 4) is 0 Å². The van der Waals surface area contributed by atoms with E-state index in [-0.39, 0.29) is 0 Å². The molecule has 0 aliphatic heterocycles. The molecule has 1 aliphatic carbocycles. The summed E-state index contributed by atoms with van der Waals surface area (Å²) in [7, 11) is 0. The molecule has 84 valence electrons. The number of rotatable bonds is 2. The van der Waals surface area contributed by atoms with E-state index in [9.17, 15) is 5.11 Å². The zero-order valence-corrected chi connectivity index (χ0v) is 9.41. The fraction of sp³-hybridized carbons (Fsp3) is 0.692. The van der Waals surface area contributed by atoms with Crippen molar-refractivity contribution >= 4 is 0 Å². The van der Waals surface area contributed by atoms with Crippen LogP contribution in [0.5, 0.6) is 0 Å². The van der Waals surface area contributed by atoms with E-state index in [1.807, 2.05) is 13.0 Å². The van der Waals surface area contributed by atoms with E-state index in [4.69, 9.17) is 4.42 Å². The molecule has 0 spiro atoms. The van der Waals surface area contributed by atoms with Gasteiger partial charge in [-0.1, -0.05) is 25.7 Å². The molecule has 1 fully saturated rings. The zero-order valence-electron chi connectivity index (χ0n) is 9.41. The molecular formula is C13H20O2. The lowest BCUT2D eigenvalue weighted by molar-refractivity contribution is 0.0768. The molecule has 15 heavy (non-hydrogen) atoms. The van der Waals surface area contributed by atoms with Crippen molar-refractivity contribution in [2.24, 2.45) is 5.92 Å². The Kier molecular flexibility index (Phi) is 3.47. The molecule has 1 N–H and O–H groups in total. The largest absolute Gasteiger partial charge is 0.466 e. The molecule has 1 atom stereocenters. The molecule has 2 rings (SSSR count). The van der Waals surface area contributed by atoms with Gasteiger partial charge in [0.25, 0.3) is 0 Å². The van der Waals surface area contributed by atoms with Crippen molar-refractivity contribution in [2.45, 2.75) is 51.6 Å². The minimum absolute atomic E-state index is 0.391. The van der Waals surface area contributed by atoms with Crippen LogP contribution in [0.15, 0.2) is 16.7 Å². The molecule has 0 bridgehead atoms. The first-order chi connectivity index (χ1) is 7.29. The number of aryl methyl sites for hydroxylation is 1. The predicted molar refractivity (Wildman–Crippen MR) is 59.6 cm³/mol. The van der Waals surface area contributed by atoms with E-state index in [1.54, 1.807) is 6.26 Å². The Bertz CT molecular complexity index is 295. The second-order valence-corrected chi connectivity index (χ2v) is 4.66. The van der Waals surface area contributed by atoms with Crippen LogP contribution in [0.1, 0.15) is 56.0 Å². The highest BCUT2D eigenvalue weighted by molar-refractivity contribution is 5.17. The minimum Gasteiger partial charge on any atom is -0.466 e. The fourth-order valence-electron chi connectivity index (χ4n) is 2.53. The third-order valence-electron chi connectivity index (χ3n) is 3.52. The third kappa shape index (κ3) is 2.43. The van der Waals surface area contributed by atoms with E-state index in [2.05, 4.69) is 0 Å². The fourth-order valence-corrected chi connectivity index (χ4v) is 2.53. The first kappa shape index (κ1) is 10.7. The van der Waals surface area contributed by atoms with Crippen molar-refractivity contribution < 1.29 is 9.52 Å². The number of aliphatic hydroxyl groups is 1. The third-order valence-corrected chi connectivity index (χ3v) is 3.52. The lowest BCUT2D eigenvalue weighted by Crippen LogP contribution is -2.12. The summed E-state index contributed by atoms with van der Waals surface area (Å²) in [5, 5.41) is 10.2. The lowest BCUT2D eigenvalue weighted by Gasteiger charge is -2.19. The standard InChI is InChI=1S/C13H20O2/c1-10-8-9-15-13(10)12(14)11-6-4-2-3-5-7-11/h8-9,11-12,14H,2-7H2,1H3. The molecule has 2 nitrogen and oxygen atoms in total. The van der Waals surface area contributed by atoms with Gasteiger partial charge in [-0.05, 0) is 37.3 Å². The highest BCUT2D eigenvalue weighted by atomic mass is 16.4. The van der Waals surface area contributed by atoms with E-state index < -0.39 is 6.10 Å². The Morgan fingerprint density at radius 1 is 1.27 bits per heavy atom. The summed E-state index contributed by atoms with van der Waals surface area (Å²) in [4.78, 5) is 0. The Balaban J connectivity index is 2.06. The molecule has 1 saturated carbocycles. The van der Waals surface area contributed by atoms with Crippen LogP contribution in [0.2, 0.25) is 0 Å². The van der Waals surface area contributed by atoms with Crippen molar-refractivity contribution in [1.82, 2.24) is 0 Å². The molecule has 1 aromatic rings. The Morgan fingerprint density at radius 3 is 2.47 bits per heavy atom. The highest BCUT2D eigenvalue weighted by Gasteiger charge is 2.25. The first-order valence-electron chi connectivity index (χ1n) is 6.01. The molecule has 0 saturated heterocycles. The van der Waals surface area contributed by atoms with Crippen LogP contribution in [0.25, 0.3) is 0 Å². The van der Waals surface area contributed by atoms with Gasteiger partial charge in [0.1, 0.15) is 11.9 Å². The molecular weight excluding hydrogens is 188 g/mol. The predicted octanol–water partition coefficient (Wildman–Crippen LogP) is 3.59. The Hall–Kier alpha value is -0.760. The van der Waals surface area contributed by atoms with Crippen LogP contribution < -0.4 is 0 Å². The van der Waals surface area contributed by atoms with Crippen LogP contribution in [0.4, 0.5) is 0 Å². The molecule has 1 aliphatic rings. The number of hydrogen-bond acceptors (Lipinski definition) is 2. The van der Waals surface area contributed by atoms with Crippen LogP contribution in [-0.2, 0) is 0 Å². The summed E-state index contributed by atoms with van der Waals surface area (Å²) >= 11 is 0. The monoisotopic (exact) mass is 208 g/mol. The van der Waals surface area contributed by atoms with Gasteiger partial charge in [0.15, 0.2) is 0 Å². The molecule has 1 aromatic heterocycles. The number of furan rings is 1. The summed E-state index contributed by atoms with van der Waals surface area (Å²) in [6.07, 6.45) is 8.70. The summed E-state index contributed by atoms with van der Waals surface area (Å²) in [6.45, 7) is 2.00. The molecule has 0 amide bonds. The van der Waals surface area contributed by atoms with E-state index >= 15 is 0 Å². The second-order valence-electron chi connectivity index (χ2n) is 4.66. The van der Waals surface area contributed by atoms with Crippen LogP contribution in [0.3, 0.4) is 0 Å². The first-order valence-corrected chi connectivity index (χ1v) is 6.01. The normalized spacial score (nSPS) is 21.2. The SMILES string of the molecule is Cc1ccoc1C(O)C1CCCCCC1. The van der Waals surface area contributed by atoms with Crippen molar-refractivity contribution in [3.05, 3.63) is 23.7 Å². The zero-order chi connectivity index (χ0) is 10.7. The van der Waals surface area contributed by atoms with E-state index in [1.165, 1.54) is 25.7 Å². The summed E-state index contributed by atoms with van der Waals surface area (Å²) in [5.74, 6) is 1.18. The van der Waals surface area contributed by atoms with Gasteiger partial charge >= 0.3 is 0 Å². The second kappa shape index (κ2) is 4.84. The number of aliphatic hydroxyl groups excluding tert-OH is 1. The average Bonchev–Trinajstić information content (AvgIpc) is 2.53. The van der Waals surface area contributed by atoms with E-state index in [0.29, 0.717) is 5.92 Å². The van der Waals surface area contributed by atoms with Gasteiger partial charge in [0.05, 0.1) is 6.26 Å². The van der Waals surface area contributed by atoms with Gasteiger partial charge in [-0.15, -0.1) is 0 Å². The maximum absolute atomic E-state index is 10.2. The van der Waals surface area contributed by atoms with Crippen molar-refractivity contribution in [3.63, 3.8) is 0 Å². The average molecular weight is 208 g/mol. The van der Waals surface area contributed by atoms with Crippen LogP contribution >= 0.6 is 0 Å². The maximum Gasteiger partial charge on any atom is 0.135 e. The van der Waals surface area contributed by atoms with Gasteiger partial charge in [0, 0.05) is 0 Å². The molecule has 0 aromatic carbocycles. The summed E-state index contributed by atoms with van der Waals surface area (Å²) < 4.78 is 5.37. The summed E-state index contributed by atoms with van der Waals surface area (Å²) in [6, 6.07) is 1.93. The van der Waals surface area contributed by atoms with Gasteiger partial charge in [-0.2, -0.15) is 0 Å². The van der Waals surface area contributed by atoms with Crippen LogP contribution in [0, 0.1) is 12.8 Å². The smallest absolute Gasteiger partial charge is 0.135 e. The lowest BCUT2D eigenvalue weighted by atomic mass is 9.91. The van der Waals surface area contributed by atoms with Crippen LogP contribution in [-0.4, -0.2) is 5.11 Å². The topological polar surface area (TPSA) is 33.4 Å². The Morgan fingerprint density at radius 2 is 1.93 bits per heavy atom. The summed E-state index contributed by atoms with van der Waals surface area (Å²) in [5.41, 5.74) is 1.08. The van der Waals surface area contributed by atoms with Crippen molar-refractivity contribution in [1.29, 1.82) is 0 Å². The quantitative estimate of drug-likeness (QED) is 0.753. The maximum atomic E-state index is 10.2.